The highest BCUT2D eigenvalue weighted by Gasteiger charge is 2.12. The molecule has 0 aromatic heterocycles. The lowest BCUT2D eigenvalue weighted by Crippen LogP contribution is -2.19. The minimum Gasteiger partial charge on any atom is -0.370 e. The number of hydrogen-bond acceptors (Lipinski definition) is 2. The Bertz CT molecular complexity index is 351. The standard InChI is InChI=1S/C12H17BrN2O/c1-8(7-12(15)16)6-11(14)9-2-4-10(13)5-3-9/h2-5,8,11H,6-7,14H2,1H3,(H2,15,16). The third-order valence-electron chi connectivity index (χ3n) is 2.50. The van der Waals surface area contributed by atoms with Crippen LogP contribution in [0.15, 0.2) is 28.7 Å². The number of nitrogens with two attached hydrogens (primary N) is 2. The van der Waals surface area contributed by atoms with Crippen molar-refractivity contribution in [2.75, 3.05) is 0 Å². The molecular weight excluding hydrogens is 268 g/mol. The van der Waals surface area contributed by atoms with E-state index in [0.29, 0.717) is 6.42 Å². The molecule has 0 aliphatic heterocycles. The average molecular weight is 285 g/mol. The Morgan fingerprint density at radius 1 is 1.38 bits per heavy atom. The number of carbonyl (C=O) groups is 1. The van der Waals surface area contributed by atoms with Crippen LogP contribution in [0.3, 0.4) is 0 Å². The second kappa shape index (κ2) is 6.01. The number of amides is 1. The van der Waals surface area contributed by atoms with Crippen LogP contribution >= 0.6 is 15.9 Å². The SMILES string of the molecule is CC(CC(N)=O)CC(N)c1ccc(Br)cc1. The van der Waals surface area contributed by atoms with E-state index in [0.717, 1.165) is 16.5 Å². The van der Waals surface area contributed by atoms with Crippen LogP contribution in [0.25, 0.3) is 0 Å². The van der Waals surface area contributed by atoms with Crippen molar-refractivity contribution >= 4 is 21.8 Å². The van der Waals surface area contributed by atoms with E-state index in [1.807, 2.05) is 31.2 Å². The molecule has 2 unspecified atom stereocenters. The van der Waals surface area contributed by atoms with E-state index in [2.05, 4.69) is 15.9 Å². The highest BCUT2D eigenvalue weighted by Crippen LogP contribution is 2.22. The van der Waals surface area contributed by atoms with Gasteiger partial charge in [-0.2, -0.15) is 0 Å². The summed E-state index contributed by atoms with van der Waals surface area (Å²) in [5, 5.41) is 0. The minimum absolute atomic E-state index is 0.0394. The fourth-order valence-corrected chi connectivity index (χ4v) is 1.97. The Hall–Kier alpha value is -0.870. The lowest BCUT2D eigenvalue weighted by atomic mass is 9.94. The molecule has 4 N–H and O–H groups in total. The van der Waals surface area contributed by atoms with Crippen molar-refractivity contribution in [3.05, 3.63) is 34.3 Å². The maximum absolute atomic E-state index is 10.7. The third-order valence-corrected chi connectivity index (χ3v) is 3.03. The summed E-state index contributed by atoms with van der Waals surface area (Å²) in [7, 11) is 0. The van der Waals surface area contributed by atoms with Gasteiger partial charge in [0.2, 0.25) is 5.91 Å². The second-order valence-corrected chi connectivity index (χ2v) is 5.09. The smallest absolute Gasteiger partial charge is 0.217 e. The van der Waals surface area contributed by atoms with Crippen molar-refractivity contribution in [3.63, 3.8) is 0 Å². The zero-order valence-electron chi connectivity index (χ0n) is 9.32. The number of halogens is 1. The van der Waals surface area contributed by atoms with Crippen molar-refractivity contribution in [1.82, 2.24) is 0 Å². The van der Waals surface area contributed by atoms with Crippen LogP contribution in [0.1, 0.15) is 31.4 Å². The van der Waals surface area contributed by atoms with E-state index in [1.165, 1.54) is 0 Å². The quantitative estimate of drug-likeness (QED) is 0.871. The molecule has 2 atom stereocenters. The van der Waals surface area contributed by atoms with Gasteiger partial charge < -0.3 is 11.5 Å². The Kier molecular flexibility index (Phi) is 4.96. The maximum atomic E-state index is 10.7. The highest BCUT2D eigenvalue weighted by molar-refractivity contribution is 9.10. The van der Waals surface area contributed by atoms with Crippen LogP contribution in [-0.4, -0.2) is 5.91 Å². The van der Waals surface area contributed by atoms with E-state index in [9.17, 15) is 4.79 Å². The summed E-state index contributed by atoms with van der Waals surface area (Å²) >= 11 is 3.38. The van der Waals surface area contributed by atoms with Gasteiger partial charge in [0.25, 0.3) is 0 Å². The highest BCUT2D eigenvalue weighted by atomic mass is 79.9. The van der Waals surface area contributed by atoms with Crippen molar-refractivity contribution in [2.45, 2.75) is 25.8 Å². The van der Waals surface area contributed by atoms with Crippen LogP contribution in [0.4, 0.5) is 0 Å². The van der Waals surface area contributed by atoms with Gasteiger partial charge in [0.15, 0.2) is 0 Å². The molecule has 0 fully saturated rings. The molecule has 0 bridgehead atoms. The first kappa shape index (κ1) is 13.2. The summed E-state index contributed by atoms with van der Waals surface area (Å²) in [6, 6.07) is 7.88. The molecule has 3 nitrogen and oxygen atoms in total. The van der Waals surface area contributed by atoms with Crippen LogP contribution < -0.4 is 11.5 Å². The predicted octanol–water partition coefficient (Wildman–Crippen LogP) is 2.35. The Labute approximate surface area is 104 Å². The van der Waals surface area contributed by atoms with Crippen LogP contribution in [0.5, 0.6) is 0 Å². The molecule has 0 heterocycles. The lowest BCUT2D eigenvalue weighted by Gasteiger charge is -2.16. The average Bonchev–Trinajstić information content (AvgIpc) is 2.16. The van der Waals surface area contributed by atoms with Gasteiger partial charge in [0, 0.05) is 16.9 Å². The van der Waals surface area contributed by atoms with E-state index < -0.39 is 0 Å². The monoisotopic (exact) mass is 284 g/mol. The summed E-state index contributed by atoms with van der Waals surface area (Å²) in [6.45, 7) is 1.99. The molecule has 0 radical (unpaired) electrons. The van der Waals surface area contributed by atoms with E-state index in [-0.39, 0.29) is 17.9 Å². The summed E-state index contributed by atoms with van der Waals surface area (Å²) in [4.78, 5) is 10.7. The molecule has 1 rings (SSSR count). The molecule has 4 heteroatoms. The number of carbonyl (C=O) groups excluding carboxylic acids is 1. The summed E-state index contributed by atoms with van der Waals surface area (Å²) in [6.07, 6.45) is 1.16. The van der Waals surface area contributed by atoms with Crippen molar-refractivity contribution in [2.24, 2.45) is 17.4 Å². The van der Waals surface area contributed by atoms with Crippen molar-refractivity contribution in [1.29, 1.82) is 0 Å². The van der Waals surface area contributed by atoms with E-state index >= 15 is 0 Å². The van der Waals surface area contributed by atoms with Crippen LogP contribution in [0, 0.1) is 5.92 Å². The zero-order valence-corrected chi connectivity index (χ0v) is 10.9. The molecule has 0 saturated carbocycles. The lowest BCUT2D eigenvalue weighted by molar-refractivity contribution is -0.118. The van der Waals surface area contributed by atoms with Crippen molar-refractivity contribution in [3.8, 4) is 0 Å². The van der Waals surface area contributed by atoms with Crippen molar-refractivity contribution < 1.29 is 4.79 Å². The first-order chi connectivity index (χ1) is 7.49. The number of hydrogen-bond donors (Lipinski definition) is 2. The third kappa shape index (κ3) is 4.33. The van der Waals surface area contributed by atoms with Gasteiger partial charge in [-0.1, -0.05) is 35.0 Å². The Morgan fingerprint density at radius 2 is 1.94 bits per heavy atom. The zero-order chi connectivity index (χ0) is 12.1. The fourth-order valence-electron chi connectivity index (χ4n) is 1.71. The second-order valence-electron chi connectivity index (χ2n) is 4.17. The Balaban J connectivity index is 2.54. The molecule has 0 aliphatic carbocycles. The molecule has 0 aliphatic rings. The van der Waals surface area contributed by atoms with Gasteiger partial charge in [0.05, 0.1) is 0 Å². The molecule has 0 spiro atoms. The summed E-state index contributed by atoms with van der Waals surface area (Å²) in [5.41, 5.74) is 12.3. The van der Waals surface area contributed by atoms with Gasteiger partial charge >= 0.3 is 0 Å². The number of rotatable bonds is 5. The van der Waals surface area contributed by atoms with Gasteiger partial charge in [-0.3, -0.25) is 4.79 Å². The largest absolute Gasteiger partial charge is 0.370 e. The van der Waals surface area contributed by atoms with Gasteiger partial charge in [-0.25, -0.2) is 0 Å². The molecular formula is C12H17BrN2O. The first-order valence-corrected chi connectivity index (χ1v) is 6.07. The maximum Gasteiger partial charge on any atom is 0.217 e. The van der Waals surface area contributed by atoms with E-state index in [1.54, 1.807) is 0 Å². The molecule has 1 amide bonds. The van der Waals surface area contributed by atoms with E-state index in [4.69, 9.17) is 11.5 Å². The van der Waals surface area contributed by atoms with Crippen LogP contribution in [-0.2, 0) is 4.79 Å². The molecule has 88 valence electrons. The number of benzene rings is 1. The van der Waals surface area contributed by atoms with Gasteiger partial charge in [-0.05, 0) is 30.0 Å². The van der Waals surface area contributed by atoms with Crippen LogP contribution in [0.2, 0.25) is 0 Å². The molecule has 16 heavy (non-hydrogen) atoms. The first-order valence-electron chi connectivity index (χ1n) is 5.28. The molecule has 1 aromatic carbocycles. The molecule has 1 aromatic rings. The summed E-state index contributed by atoms with van der Waals surface area (Å²) < 4.78 is 1.04. The normalized spacial score (nSPS) is 14.4. The summed E-state index contributed by atoms with van der Waals surface area (Å²) in [5.74, 6) is -0.0494. The van der Waals surface area contributed by atoms with Gasteiger partial charge in [0.1, 0.15) is 0 Å². The van der Waals surface area contributed by atoms with Gasteiger partial charge in [-0.15, -0.1) is 0 Å². The minimum atomic E-state index is -0.268. The predicted molar refractivity (Wildman–Crippen MR) is 68.7 cm³/mol. The Morgan fingerprint density at radius 3 is 2.44 bits per heavy atom. The fraction of sp³-hybridized carbons (Fsp3) is 0.417. The number of primary amides is 1. The topological polar surface area (TPSA) is 69.1 Å². The molecule has 0 saturated heterocycles.